The Balaban J connectivity index is 3.89. The predicted molar refractivity (Wildman–Crippen MR) is 40.7 cm³/mol. The van der Waals surface area contributed by atoms with E-state index in [1.807, 2.05) is 20.8 Å². The molecule has 10 heavy (non-hydrogen) atoms. The molecule has 0 saturated heterocycles. The molecule has 0 rings (SSSR count). The lowest BCUT2D eigenvalue weighted by molar-refractivity contribution is 0.0489. The van der Waals surface area contributed by atoms with Crippen LogP contribution in [0.15, 0.2) is 0 Å². The minimum Gasteiger partial charge on any atom is -0.393 e. The molecular formula is C8H17FO. The summed E-state index contributed by atoms with van der Waals surface area (Å²) in [6, 6.07) is 0. The highest BCUT2D eigenvalue weighted by atomic mass is 19.1. The van der Waals surface area contributed by atoms with Gasteiger partial charge in [0.15, 0.2) is 0 Å². The van der Waals surface area contributed by atoms with Crippen LogP contribution in [0.4, 0.5) is 4.39 Å². The van der Waals surface area contributed by atoms with Crippen LogP contribution in [0, 0.1) is 5.41 Å². The van der Waals surface area contributed by atoms with Crippen molar-refractivity contribution >= 4 is 0 Å². The molecule has 0 fully saturated rings. The first kappa shape index (κ1) is 9.89. The summed E-state index contributed by atoms with van der Waals surface area (Å²) in [5, 5.41) is 8.58. The summed E-state index contributed by atoms with van der Waals surface area (Å²) in [5.74, 6) is 0. The molecule has 0 aliphatic carbocycles. The van der Waals surface area contributed by atoms with Gasteiger partial charge in [-0.3, -0.25) is 0 Å². The van der Waals surface area contributed by atoms with E-state index < -0.39 is 5.67 Å². The zero-order valence-corrected chi connectivity index (χ0v) is 7.24. The Labute approximate surface area is 62.3 Å². The highest BCUT2D eigenvalue weighted by molar-refractivity contribution is 4.78. The second-order valence-electron chi connectivity index (χ2n) is 4.31. The molecule has 1 atom stereocenters. The van der Waals surface area contributed by atoms with E-state index in [2.05, 4.69) is 0 Å². The standard InChI is InChI=1S/C8H17FO/c1-7(2,3)5-8(4,9)6-10/h10H,5-6H2,1-4H3. The minimum atomic E-state index is -1.42. The summed E-state index contributed by atoms with van der Waals surface area (Å²) < 4.78 is 13.1. The first-order valence-corrected chi connectivity index (χ1v) is 3.57. The third kappa shape index (κ3) is 4.74. The molecule has 62 valence electrons. The SMILES string of the molecule is CC(C)(C)CC(C)(F)CO. The molecule has 0 spiro atoms. The normalized spacial score (nSPS) is 18.6. The molecule has 0 heterocycles. The molecule has 0 radical (unpaired) electrons. The maximum atomic E-state index is 13.1. The first-order chi connectivity index (χ1) is 4.27. The monoisotopic (exact) mass is 148 g/mol. The summed E-state index contributed by atoms with van der Waals surface area (Å²) >= 11 is 0. The molecule has 0 aromatic rings. The lowest BCUT2D eigenvalue weighted by Gasteiger charge is -2.26. The van der Waals surface area contributed by atoms with Crippen molar-refractivity contribution in [3.05, 3.63) is 0 Å². The predicted octanol–water partition coefficient (Wildman–Crippen LogP) is 2.14. The van der Waals surface area contributed by atoms with Crippen molar-refractivity contribution in [3.8, 4) is 0 Å². The van der Waals surface area contributed by atoms with Gasteiger partial charge in [-0.1, -0.05) is 20.8 Å². The maximum Gasteiger partial charge on any atom is 0.131 e. The third-order valence-corrected chi connectivity index (χ3v) is 1.23. The first-order valence-electron chi connectivity index (χ1n) is 3.57. The Morgan fingerprint density at radius 2 is 1.60 bits per heavy atom. The van der Waals surface area contributed by atoms with Gasteiger partial charge >= 0.3 is 0 Å². The van der Waals surface area contributed by atoms with Crippen LogP contribution in [0.1, 0.15) is 34.1 Å². The number of rotatable bonds is 2. The fourth-order valence-corrected chi connectivity index (χ4v) is 1.16. The van der Waals surface area contributed by atoms with Gasteiger partial charge in [-0.05, 0) is 18.8 Å². The summed E-state index contributed by atoms with van der Waals surface area (Å²) in [6.45, 7) is 6.92. The smallest absolute Gasteiger partial charge is 0.131 e. The Bertz CT molecular complexity index is 102. The van der Waals surface area contributed by atoms with Gasteiger partial charge in [0.1, 0.15) is 5.67 Å². The zero-order valence-electron chi connectivity index (χ0n) is 7.24. The van der Waals surface area contributed by atoms with Gasteiger partial charge in [0.25, 0.3) is 0 Å². The molecule has 1 N–H and O–H groups in total. The van der Waals surface area contributed by atoms with E-state index >= 15 is 0 Å². The van der Waals surface area contributed by atoms with Crippen LogP contribution in [-0.2, 0) is 0 Å². The van der Waals surface area contributed by atoms with E-state index in [0.29, 0.717) is 6.42 Å². The molecule has 2 heteroatoms. The number of alkyl halides is 1. The number of halogens is 1. The highest BCUT2D eigenvalue weighted by Crippen LogP contribution is 2.29. The van der Waals surface area contributed by atoms with Crippen LogP contribution in [0.5, 0.6) is 0 Å². The summed E-state index contributed by atoms with van der Waals surface area (Å²) in [7, 11) is 0. The molecule has 0 aromatic carbocycles. The van der Waals surface area contributed by atoms with E-state index in [0.717, 1.165) is 0 Å². The summed E-state index contributed by atoms with van der Waals surface area (Å²) in [5.41, 5.74) is -1.47. The largest absolute Gasteiger partial charge is 0.393 e. The van der Waals surface area contributed by atoms with E-state index in [1.54, 1.807) is 0 Å². The van der Waals surface area contributed by atoms with Crippen LogP contribution < -0.4 is 0 Å². The van der Waals surface area contributed by atoms with E-state index in [4.69, 9.17) is 5.11 Å². The number of aliphatic hydroxyl groups excluding tert-OH is 1. The number of hydrogen-bond donors (Lipinski definition) is 1. The quantitative estimate of drug-likeness (QED) is 0.636. The lowest BCUT2D eigenvalue weighted by atomic mass is 9.84. The van der Waals surface area contributed by atoms with Crippen molar-refractivity contribution in [2.24, 2.45) is 5.41 Å². The zero-order chi connectivity index (χ0) is 8.41. The maximum absolute atomic E-state index is 13.1. The van der Waals surface area contributed by atoms with Gasteiger partial charge in [0.2, 0.25) is 0 Å². The van der Waals surface area contributed by atoms with Crippen LogP contribution in [0.2, 0.25) is 0 Å². The molecule has 0 aliphatic rings. The minimum absolute atomic E-state index is 0.0494. The number of hydrogen-bond acceptors (Lipinski definition) is 1. The van der Waals surface area contributed by atoms with Crippen LogP contribution in [0.25, 0.3) is 0 Å². The van der Waals surface area contributed by atoms with Gasteiger partial charge in [-0.25, -0.2) is 4.39 Å². The van der Waals surface area contributed by atoms with E-state index in [1.165, 1.54) is 6.92 Å². The molecule has 0 bridgehead atoms. The fourth-order valence-electron chi connectivity index (χ4n) is 1.16. The Morgan fingerprint density at radius 3 is 1.70 bits per heavy atom. The summed E-state index contributed by atoms with van der Waals surface area (Å²) in [6.07, 6.45) is 0.399. The highest BCUT2D eigenvalue weighted by Gasteiger charge is 2.28. The molecular weight excluding hydrogens is 131 g/mol. The van der Waals surface area contributed by atoms with Crippen molar-refractivity contribution in [1.82, 2.24) is 0 Å². The molecule has 0 amide bonds. The average molecular weight is 148 g/mol. The van der Waals surface area contributed by atoms with Crippen molar-refractivity contribution in [1.29, 1.82) is 0 Å². The summed E-state index contributed by atoms with van der Waals surface area (Å²) in [4.78, 5) is 0. The second kappa shape index (κ2) is 2.87. The van der Waals surface area contributed by atoms with Gasteiger partial charge in [0, 0.05) is 0 Å². The van der Waals surface area contributed by atoms with Crippen molar-refractivity contribution < 1.29 is 9.50 Å². The van der Waals surface area contributed by atoms with Gasteiger partial charge in [-0.2, -0.15) is 0 Å². The Morgan fingerprint density at radius 1 is 1.20 bits per heavy atom. The second-order valence-corrected chi connectivity index (χ2v) is 4.31. The van der Waals surface area contributed by atoms with Crippen molar-refractivity contribution in [2.75, 3.05) is 6.61 Å². The van der Waals surface area contributed by atoms with E-state index in [-0.39, 0.29) is 12.0 Å². The molecule has 0 aromatic heterocycles. The van der Waals surface area contributed by atoms with Crippen molar-refractivity contribution in [3.63, 3.8) is 0 Å². The number of aliphatic hydroxyl groups is 1. The molecule has 1 nitrogen and oxygen atoms in total. The van der Waals surface area contributed by atoms with Gasteiger partial charge in [0.05, 0.1) is 6.61 Å². The molecule has 1 unspecified atom stereocenters. The molecule has 0 saturated carbocycles. The van der Waals surface area contributed by atoms with E-state index in [9.17, 15) is 4.39 Å². The van der Waals surface area contributed by atoms with Gasteiger partial charge < -0.3 is 5.11 Å². The Kier molecular flexibility index (Phi) is 2.84. The Hall–Kier alpha value is -0.110. The van der Waals surface area contributed by atoms with Crippen molar-refractivity contribution in [2.45, 2.75) is 39.8 Å². The average Bonchev–Trinajstić information content (AvgIpc) is 1.60. The topological polar surface area (TPSA) is 20.2 Å². The van der Waals surface area contributed by atoms with Gasteiger partial charge in [-0.15, -0.1) is 0 Å². The van der Waals surface area contributed by atoms with Crippen LogP contribution >= 0.6 is 0 Å². The third-order valence-electron chi connectivity index (χ3n) is 1.23. The fraction of sp³-hybridized carbons (Fsp3) is 1.00. The van der Waals surface area contributed by atoms with Crippen LogP contribution in [-0.4, -0.2) is 17.4 Å². The lowest BCUT2D eigenvalue weighted by Crippen LogP contribution is -2.29. The molecule has 0 aliphatic heterocycles. The van der Waals surface area contributed by atoms with Crippen LogP contribution in [0.3, 0.4) is 0 Å².